The Labute approximate surface area is 126 Å². The molecule has 112 valence electrons. The van der Waals surface area contributed by atoms with Crippen LogP contribution < -0.4 is 10.1 Å². The maximum atomic E-state index is 14.2. The van der Waals surface area contributed by atoms with Crippen LogP contribution in [0.15, 0.2) is 42.5 Å². The van der Waals surface area contributed by atoms with Gasteiger partial charge in [0, 0.05) is 11.6 Å². The topological polar surface area (TPSA) is 21.3 Å². The number of ether oxygens (including phenoxy) is 1. The Bertz CT molecular complexity index is 598. The van der Waals surface area contributed by atoms with E-state index in [4.69, 9.17) is 4.74 Å². The molecule has 0 amide bonds. The zero-order valence-corrected chi connectivity index (χ0v) is 12.8. The van der Waals surface area contributed by atoms with Gasteiger partial charge >= 0.3 is 0 Å². The number of hydrogen-bond donors (Lipinski definition) is 1. The van der Waals surface area contributed by atoms with Crippen molar-refractivity contribution in [1.82, 2.24) is 5.32 Å². The first-order valence-electron chi connectivity index (χ1n) is 7.41. The van der Waals surface area contributed by atoms with E-state index in [1.165, 1.54) is 6.07 Å². The second-order valence-corrected chi connectivity index (χ2v) is 4.98. The number of rotatable bonds is 6. The van der Waals surface area contributed by atoms with Crippen LogP contribution in [0.25, 0.3) is 11.1 Å². The Morgan fingerprint density at radius 3 is 2.67 bits per heavy atom. The molecular weight excluding hydrogens is 265 g/mol. The van der Waals surface area contributed by atoms with Crippen LogP contribution in [0.1, 0.15) is 32.4 Å². The zero-order chi connectivity index (χ0) is 15.2. The van der Waals surface area contributed by atoms with Crippen LogP contribution >= 0.6 is 0 Å². The van der Waals surface area contributed by atoms with Crippen molar-refractivity contribution in [3.8, 4) is 16.9 Å². The van der Waals surface area contributed by atoms with Gasteiger partial charge in [-0.05, 0) is 55.8 Å². The minimum absolute atomic E-state index is 0.199. The summed E-state index contributed by atoms with van der Waals surface area (Å²) in [5.41, 5.74) is 2.53. The van der Waals surface area contributed by atoms with Gasteiger partial charge in [-0.1, -0.05) is 25.1 Å². The molecule has 0 heterocycles. The molecule has 0 saturated carbocycles. The largest absolute Gasteiger partial charge is 0.494 e. The standard InChI is InChI=1S/C18H22FNO/c1-4-20-13(3)14-9-10-18(19)17(12-14)15-7-6-8-16(11-15)21-5-2/h6-13,20H,4-5H2,1-3H3. The van der Waals surface area contributed by atoms with E-state index in [1.807, 2.05) is 43.3 Å². The second kappa shape index (κ2) is 7.23. The number of nitrogens with one attached hydrogen (secondary N) is 1. The van der Waals surface area contributed by atoms with E-state index in [0.717, 1.165) is 23.4 Å². The summed E-state index contributed by atoms with van der Waals surface area (Å²) in [5.74, 6) is 0.552. The van der Waals surface area contributed by atoms with Gasteiger partial charge < -0.3 is 10.1 Å². The molecule has 0 saturated heterocycles. The van der Waals surface area contributed by atoms with Crippen molar-refractivity contribution >= 4 is 0 Å². The number of benzene rings is 2. The SMILES string of the molecule is CCNC(C)c1ccc(F)c(-c2cccc(OCC)c2)c1. The molecule has 3 heteroatoms. The van der Waals surface area contributed by atoms with Crippen molar-refractivity contribution in [2.24, 2.45) is 0 Å². The minimum Gasteiger partial charge on any atom is -0.494 e. The van der Waals surface area contributed by atoms with E-state index in [2.05, 4.69) is 19.2 Å². The molecule has 0 radical (unpaired) electrons. The smallest absolute Gasteiger partial charge is 0.131 e. The van der Waals surface area contributed by atoms with E-state index in [0.29, 0.717) is 12.2 Å². The summed E-state index contributed by atoms with van der Waals surface area (Å²) in [6.45, 7) is 7.56. The quantitative estimate of drug-likeness (QED) is 0.840. The zero-order valence-electron chi connectivity index (χ0n) is 12.8. The third-order valence-electron chi connectivity index (χ3n) is 3.46. The summed E-state index contributed by atoms with van der Waals surface area (Å²) < 4.78 is 19.7. The van der Waals surface area contributed by atoms with Crippen molar-refractivity contribution < 1.29 is 9.13 Å². The molecule has 1 atom stereocenters. The molecule has 2 rings (SSSR count). The summed E-state index contributed by atoms with van der Waals surface area (Å²) in [6.07, 6.45) is 0. The maximum Gasteiger partial charge on any atom is 0.131 e. The van der Waals surface area contributed by atoms with Crippen molar-refractivity contribution in [1.29, 1.82) is 0 Å². The Balaban J connectivity index is 2.38. The van der Waals surface area contributed by atoms with Crippen LogP contribution in [0, 0.1) is 5.82 Å². The molecule has 0 aliphatic rings. The van der Waals surface area contributed by atoms with Crippen molar-refractivity contribution in [3.63, 3.8) is 0 Å². The molecule has 2 nitrogen and oxygen atoms in total. The lowest BCUT2D eigenvalue weighted by Gasteiger charge is -2.15. The summed E-state index contributed by atoms with van der Waals surface area (Å²) in [6, 6.07) is 13.0. The first-order valence-corrected chi connectivity index (χ1v) is 7.41. The fraction of sp³-hybridized carbons (Fsp3) is 0.333. The first-order chi connectivity index (χ1) is 10.2. The highest BCUT2D eigenvalue weighted by Gasteiger charge is 2.10. The van der Waals surface area contributed by atoms with Crippen LogP contribution in [0.2, 0.25) is 0 Å². The third-order valence-corrected chi connectivity index (χ3v) is 3.46. The Hall–Kier alpha value is -1.87. The van der Waals surface area contributed by atoms with E-state index in [-0.39, 0.29) is 11.9 Å². The van der Waals surface area contributed by atoms with Gasteiger partial charge in [0.15, 0.2) is 0 Å². The van der Waals surface area contributed by atoms with Crippen LogP contribution in [0.5, 0.6) is 5.75 Å². The Morgan fingerprint density at radius 2 is 1.95 bits per heavy atom. The highest BCUT2D eigenvalue weighted by atomic mass is 19.1. The maximum absolute atomic E-state index is 14.2. The van der Waals surface area contributed by atoms with Gasteiger partial charge in [-0.25, -0.2) is 4.39 Å². The minimum atomic E-state index is -0.212. The predicted molar refractivity (Wildman–Crippen MR) is 85.1 cm³/mol. The molecule has 1 unspecified atom stereocenters. The molecule has 2 aromatic rings. The van der Waals surface area contributed by atoms with Gasteiger partial charge in [0.05, 0.1) is 6.61 Å². The lowest BCUT2D eigenvalue weighted by atomic mass is 9.99. The van der Waals surface area contributed by atoms with E-state index in [1.54, 1.807) is 0 Å². The summed E-state index contributed by atoms with van der Waals surface area (Å²) in [5, 5.41) is 3.34. The molecular formula is C18H22FNO. The summed E-state index contributed by atoms with van der Waals surface area (Å²) in [4.78, 5) is 0. The molecule has 21 heavy (non-hydrogen) atoms. The predicted octanol–water partition coefficient (Wildman–Crippen LogP) is 4.56. The van der Waals surface area contributed by atoms with E-state index >= 15 is 0 Å². The summed E-state index contributed by atoms with van der Waals surface area (Å²) >= 11 is 0. The molecule has 0 aliphatic heterocycles. The molecule has 0 bridgehead atoms. The van der Waals surface area contributed by atoms with Crippen LogP contribution in [0.4, 0.5) is 4.39 Å². The van der Waals surface area contributed by atoms with Gasteiger partial charge in [0.1, 0.15) is 11.6 Å². The number of halogens is 1. The normalized spacial score (nSPS) is 12.2. The lowest BCUT2D eigenvalue weighted by molar-refractivity contribution is 0.340. The van der Waals surface area contributed by atoms with Gasteiger partial charge in [0.25, 0.3) is 0 Å². The summed E-state index contributed by atoms with van der Waals surface area (Å²) in [7, 11) is 0. The molecule has 0 fully saturated rings. The fourth-order valence-electron chi connectivity index (χ4n) is 2.38. The average Bonchev–Trinajstić information content (AvgIpc) is 2.48. The van der Waals surface area contributed by atoms with E-state index < -0.39 is 0 Å². The molecule has 1 N–H and O–H groups in total. The molecule has 0 aliphatic carbocycles. The lowest BCUT2D eigenvalue weighted by Crippen LogP contribution is -2.17. The van der Waals surface area contributed by atoms with Gasteiger partial charge in [-0.2, -0.15) is 0 Å². The molecule has 0 spiro atoms. The van der Waals surface area contributed by atoms with Crippen molar-refractivity contribution in [2.75, 3.05) is 13.2 Å². The van der Waals surface area contributed by atoms with Crippen molar-refractivity contribution in [3.05, 3.63) is 53.8 Å². The number of hydrogen-bond acceptors (Lipinski definition) is 2. The first kappa shape index (κ1) is 15.5. The average molecular weight is 287 g/mol. The van der Waals surface area contributed by atoms with Gasteiger partial charge in [-0.3, -0.25) is 0 Å². The van der Waals surface area contributed by atoms with E-state index in [9.17, 15) is 4.39 Å². The van der Waals surface area contributed by atoms with Crippen molar-refractivity contribution in [2.45, 2.75) is 26.8 Å². The Kier molecular flexibility index (Phi) is 5.34. The molecule has 0 aromatic heterocycles. The van der Waals surface area contributed by atoms with Crippen LogP contribution in [-0.4, -0.2) is 13.2 Å². The third kappa shape index (κ3) is 3.82. The van der Waals surface area contributed by atoms with Crippen LogP contribution in [-0.2, 0) is 0 Å². The monoisotopic (exact) mass is 287 g/mol. The highest BCUT2D eigenvalue weighted by molar-refractivity contribution is 5.66. The Morgan fingerprint density at radius 1 is 1.14 bits per heavy atom. The highest BCUT2D eigenvalue weighted by Crippen LogP contribution is 2.28. The fourth-order valence-corrected chi connectivity index (χ4v) is 2.38. The van der Waals surface area contributed by atoms with Gasteiger partial charge in [-0.15, -0.1) is 0 Å². The van der Waals surface area contributed by atoms with Crippen LogP contribution in [0.3, 0.4) is 0 Å². The molecule has 2 aromatic carbocycles. The second-order valence-electron chi connectivity index (χ2n) is 4.98. The van der Waals surface area contributed by atoms with Gasteiger partial charge in [0.2, 0.25) is 0 Å².